The summed E-state index contributed by atoms with van der Waals surface area (Å²) >= 11 is 0. The molecule has 0 aromatic heterocycles. The lowest BCUT2D eigenvalue weighted by atomic mass is 10.0. The lowest BCUT2D eigenvalue weighted by Crippen LogP contribution is -2.36. The smallest absolute Gasteiger partial charge is 0.407 e. The Morgan fingerprint density at radius 3 is 2.75 bits per heavy atom. The topological polar surface area (TPSA) is 47.6 Å². The monoisotopic (exact) mass is 339 g/mol. The van der Waals surface area contributed by atoms with E-state index in [1.165, 1.54) is 12.1 Å². The molecule has 0 spiro atoms. The Hall–Kier alpha value is -1.78. The molecular weight excluding hydrogens is 309 g/mol. The number of alkyl carbamates (subject to hydrolysis) is 1. The van der Waals surface area contributed by atoms with Crippen LogP contribution in [0.5, 0.6) is 5.75 Å². The van der Waals surface area contributed by atoms with E-state index in [1.807, 2.05) is 27.7 Å². The van der Waals surface area contributed by atoms with Crippen LogP contribution in [0.4, 0.5) is 9.18 Å². The van der Waals surface area contributed by atoms with Crippen LogP contribution < -0.4 is 10.1 Å². The molecule has 5 heteroatoms. The van der Waals surface area contributed by atoms with Gasteiger partial charge in [-0.1, -0.05) is 19.4 Å². The first-order valence-corrected chi connectivity index (χ1v) is 8.63. The molecule has 1 atom stereocenters. The summed E-state index contributed by atoms with van der Waals surface area (Å²) in [6.07, 6.45) is 3.00. The van der Waals surface area contributed by atoms with Gasteiger partial charge in [-0.2, -0.15) is 0 Å². The predicted molar refractivity (Wildman–Crippen MR) is 93.9 cm³/mol. The van der Waals surface area contributed by atoms with Crippen LogP contribution in [-0.2, 0) is 4.74 Å². The van der Waals surface area contributed by atoms with Gasteiger partial charge in [0, 0.05) is 19.0 Å². The SMILES string of the molecule is CCCCC(C)(C)OC(=O)NCCC(C)Oc1cc(F)ccc1C. The van der Waals surface area contributed by atoms with Crippen LogP contribution >= 0.6 is 0 Å². The molecule has 24 heavy (non-hydrogen) atoms. The molecular formula is C19H30FNO3. The maximum atomic E-state index is 13.2. The van der Waals surface area contributed by atoms with Crippen molar-refractivity contribution >= 4 is 6.09 Å². The van der Waals surface area contributed by atoms with Crippen molar-refractivity contribution in [2.75, 3.05) is 6.54 Å². The fourth-order valence-corrected chi connectivity index (χ4v) is 2.29. The summed E-state index contributed by atoms with van der Waals surface area (Å²) in [7, 11) is 0. The predicted octanol–water partition coefficient (Wildman–Crippen LogP) is 4.99. The zero-order chi connectivity index (χ0) is 18.2. The number of aryl methyl sites for hydroxylation is 1. The summed E-state index contributed by atoms with van der Waals surface area (Å²) in [5.74, 6) is 0.213. The number of carbonyl (C=O) groups is 1. The van der Waals surface area contributed by atoms with Crippen LogP contribution in [-0.4, -0.2) is 24.3 Å². The summed E-state index contributed by atoms with van der Waals surface area (Å²) < 4.78 is 24.4. The van der Waals surface area contributed by atoms with Gasteiger partial charge in [-0.15, -0.1) is 0 Å². The van der Waals surface area contributed by atoms with Crippen molar-refractivity contribution in [2.24, 2.45) is 0 Å². The van der Waals surface area contributed by atoms with E-state index >= 15 is 0 Å². The molecule has 0 aliphatic carbocycles. The Kier molecular flexibility index (Phi) is 8.02. The summed E-state index contributed by atoms with van der Waals surface area (Å²) in [5, 5.41) is 2.74. The fraction of sp³-hybridized carbons (Fsp3) is 0.632. The molecule has 1 amide bonds. The van der Waals surface area contributed by atoms with Gasteiger partial charge < -0.3 is 14.8 Å². The molecule has 0 radical (unpaired) electrons. The van der Waals surface area contributed by atoms with E-state index in [0.717, 1.165) is 24.8 Å². The lowest BCUT2D eigenvalue weighted by molar-refractivity contribution is 0.0308. The van der Waals surface area contributed by atoms with E-state index in [2.05, 4.69) is 12.2 Å². The Morgan fingerprint density at radius 1 is 1.38 bits per heavy atom. The molecule has 0 fully saturated rings. The molecule has 4 nitrogen and oxygen atoms in total. The number of amides is 1. The van der Waals surface area contributed by atoms with E-state index in [-0.39, 0.29) is 11.9 Å². The second-order valence-corrected chi connectivity index (χ2v) is 6.81. The normalized spacial score (nSPS) is 12.6. The minimum atomic E-state index is -0.457. The third-order valence-electron chi connectivity index (χ3n) is 3.80. The number of hydrogen-bond donors (Lipinski definition) is 1. The highest BCUT2D eigenvalue weighted by molar-refractivity contribution is 5.67. The highest BCUT2D eigenvalue weighted by atomic mass is 19.1. The Morgan fingerprint density at radius 2 is 2.08 bits per heavy atom. The number of rotatable bonds is 9. The molecule has 1 N–H and O–H groups in total. The van der Waals surface area contributed by atoms with Crippen LogP contribution in [0.15, 0.2) is 18.2 Å². The van der Waals surface area contributed by atoms with Crippen LogP contribution in [0.2, 0.25) is 0 Å². The first kappa shape index (κ1) is 20.3. The summed E-state index contributed by atoms with van der Waals surface area (Å²) in [5.41, 5.74) is 0.425. The number of halogens is 1. The zero-order valence-electron chi connectivity index (χ0n) is 15.4. The highest BCUT2D eigenvalue weighted by Crippen LogP contribution is 2.21. The van der Waals surface area contributed by atoms with E-state index in [9.17, 15) is 9.18 Å². The van der Waals surface area contributed by atoms with Gasteiger partial charge in [0.2, 0.25) is 0 Å². The lowest BCUT2D eigenvalue weighted by Gasteiger charge is -2.25. The molecule has 1 unspecified atom stereocenters. The van der Waals surface area contributed by atoms with Crippen LogP contribution in [0.1, 0.15) is 58.9 Å². The first-order chi connectivity index (χ1) is 11.2. The molecule has 0 aliphatic heterocycles. The molecule has 0 bridgehead atoms. The van der Waals surface area contributed by atoms with Crippen LogP contribution in [0.25, 0.3) is 0 Å². The summed E-state index contributed by atoms with van der Waals surface area (Å²) in [6.45, 7) is 10.1. The molecule has 0 heterocycles. The van der Waals surface area contributed by atoms with E-state index in [4.69, 9.17) is 9.47 Å². The van der Waals surface area contributed by atoms with Gasteiger partial charge in [0.1, 0.15) is 17.2 Å². The average molecular weight is 339 g/mol. The Balaban J connectivity index is 2.33. The first-order valence-electron chi connectivity index (χ1n) is 8.63. The van der Waals surface area contributed by atoms with Gasteiger partial charge in [-0.25, -0.2) is 9.18 Å². The Labute approximate surface area is 144 Å². The van der Waals surface area contributed by atoms with Gasteiger partial charge in [-0.05, 0) is 52.2 Å². The van der Waals surface area contributed by atoms with Crippen LogP contribution in [0, 0.1) is 12.7 Å². The number of hydrogen-bond acceptors (Lipinski definition) is 3. The van der Waals surface area contributed by atoms with Gasteiger partial charge in [0.05, 0.1) is 6.10 Å². The highest BCUT2D eigenvalue weighted by Gasteiger charge is 2.22. The third-order valence-corrected chi connectivity index (χ3v) is 3.80. The maximum absolute atomic E-state index is 13.2. The van der Waals surface area contributed by atoms with E-state index in [1.54, 1.807) is 6.07 Å². The number of benzene rings is 1. The van der Waals surface area contributed by atoms with Crippen LogP contribution in [0.3, 0.4) is 0 Å². The minimum absolute atomic E-state index is 0.140. The van der Waals surface area contributed by atoms with E-state index < -0.39 is 11.7 Å². The Bertz CT molecular complexity index is 531. The second kappa shape index (κ2) is 9.50. The average Bonchev–Trinajstić information content (AvgIpc) is 2.48. The van der Waals surface area contributed by atoms with Gasteiger partial charge in [0.25, 0.3) is 0 Å². The van der Waals surface area contributed by atoms with Crippen molar-refractivity contribution < 1.29 is 18.7 Å². The molecule has 1 aromatic carbocycles. The minimum Gasteiger partial charge on any atom is -0.490 e. The number of unbranched alkanes of at least 4 members (excludes halogenated alkanes) is 1. The molecule has 0 saturated heterocycles. The quantitative estimate of drug-likeness (QED) is 0.690. The molecule has 1 aromatic rings. The largest absolute Gasteiger partial charge is 0.490 e. The molecule has 0 aliphatic rings. The van der Waals surface area contributed by atoms with Crippen molar-refractivity contribution in [3.63, 3.8) is 0 Å². The molecule has 0 saturated carbocycles. The van der Waals surface area contributed by atoms with E-state index in [0.29, 0.717) is 18.7 Å². The summed E-state index contributed by atoms with van der Waals surface area (Å²) in [4.78, 5) is 11.8. The van der Waals surface area contributed by atoms with Crippen molar-refractivity contribution in [3.05, 3.63) is 29.6 Å². The third kappa shape index (κ3) is 7.66. The van der Waals surface area contributed by atoms with Crippen molar-refractivity contribution in [3.8, 4) is 5.75 Å². The number of nitrogens with one attached hydrogen (secondary N) is 1. The van der Waals surface area contributed by atoms with Crippen molar-refractivity contribution in [1.29, 1.82) is 0 Å². The zero-order valence-corrected chi connectivity index (χ0v) is 15.4. The molecule has 1 rings (SSSR count). The standard InChI is InChI=1S/C19H30FNO3/c1-6-7-11-19(4,5)24-18(22)21-12-10-15(3)23-17-13-16(20)9-8-14(17)2/h8-9,13,15H,6-7,10-12H2,1-5H3,(H,21,22). The fourth-order valence-electron chi connectivity index (χ4n) is 2.29. The molecule has 136 valence electrons. The van der Waals surface area contributed by atoms with Gasteiger partial charge in [-0.3, -0.25) is 0 Å². The van der Waals surface area contributed by atoms with Crippen molar-refractivity contribution in [1.82, 2.24) is 5.32 Å². The second-order valence-electron chi connectivity index (χ2n) is 6.81. The summed E-state index contributed by atoms with van der Waals surface area (Å²) in [6, 6.07) is 4.47. The van der Waals surface area contributed by atoms with Gasteiger partial charge >= 0.3 is 6.09 Å². The number of carbonyl (C=O) groups excluding carboxylic acids is 1. The maximum Gasteiger partial charge on any atom is 0.407 e. The van der Waals surface area contributed by atoms with Gasteiger partial charge in [0.15, 0.2) is 0 Å². The van der Waals surface area contributed by atoms with Crippen molar-refractivity contribution in [2.45, 2.75) is 72.0 Å². The number of ether oxygens (including phenoxy) is 2.